The van der Waals surface area contributed by atoms with Gasteiger partial charge in [0.05, 0.1) is 6.07 Å². The first-order valence-corrected chi connectivity index (χ1v) is 6.36. The number of fused-ring (bicyclic) bond motifs is 1. The number of carbonyl (C=O) groups is 1. The van der Waals surface area contributed by atoms with E-state index >= 15 is 0 Å². The van der Waals surface area contributed by atoms with Crippen LogP contribution in [0, 0.1) is 22.7 Å². The Morgan fingerprint density at radius 1 is 1.42 bits per heavy atom. The summed E-state index contributed by atoms with van der Waals surface area (Å²) in [7, 11) is 0. The van der Waals surface area contributed by atoms with E-state index in [1.165, 1.54) is 0 Å². The highest BCUT2D eigenvalue weighted by molar-refractivity contribution is 5.93. The van der Waals surface area contributed by atoms with Crippen molar-refractivity contribution in [2.24, 2.45) is 11.3 Å². The van der Waals surface area contributed by atoms with Gasteiger partial charge >= 0.3 is 0 Å². The Bertz CT molecular complexity index is 586. The predicted molar refractivity (Wildman–Crippen MR) is 67.8 cm³/mol. The van der Waals surface area contributed by atoms with Gasteiger partial charge in [0, 0.05) is 5.92 Å². The third-order valence-corrected chi connectivity index (χ3v) is 4.00. The maximum absolute atomic E-state index is 12.4. The number of hydrogen-bond donors (Lipinski definition) is 0. The molecule has 0 saturated heterocycles. The first-order chi connectivity index (χ1) is 9.03. The summed E-state index contributed by atoms with van der Waals surface area (Å²) >= 11 is 0. The van der Waals surface area contributed by atoms with E-state index < -0.39 is 5.92 Å². The monoisotopic (exact) mass is 257 g/mol. The number of carbonyl (C=O) groups excluding carboxylic acids is 1. The quantitative estimate of drug-likeness (QED) is 0.835. The maximum Gasteiger partial charge on any atom is 0.231 e. The van der Waals surface area contributed by atoms with E-state index in [2.05, 4.69) is 19.9 Å². The van der Waals surface area contributed by atoms with Crippen LogP contribution in [-0.2, 0) is 4.79 Å². The van der Waals surface area contributed by atoms with Crippen molar-refractivity contribution in [3.8, 4) is 17.6 Å². The normalized spacial score (nSPS) is 23.5. The molecule has 0 amide bonds. The summed E-state index contributed by atoms with van der Waals surface area (Å²) in [4.78, 5) is 12.4. The first-order valence-electron chi connectivity index (χ1n) is 6.36. The van der Waals surface area contributed by atoms with Crippen molar-refractivity contribution in [1.82, 2.24) is 0 Å². The molecule has 98 valence electrons. The van der Waals surface area contributed by atoms with Gasteiger partial charge in [0.1, 0.15) is 5.92 Å². The highest BCUT2D eigenvalue weighted by Crippen LogP contribution is 2.54. The molecule has 0 radical (unpaired) electrons. The van der Waals surface area contributed by atoms with Crippen LogP contribution in [0.5, 0.6) is 11.5 Å². The van der Waals surface area contributed by atoms with Crippen molar-refractivity contribution < 1.29 is 14.3 Å². The molecule has 1 aromatic carbocycles. The minimum atomic E-state index is -0.707. The third-order valence-electron chi connectivity index (χ3n) is 4.00. The Labute approximate surface area is 111 Å². The van der Waals surface area contributed by atoms with Crippen molar-refractivity contribution in [3.05, 3.63) is 23.8 Å². The van der Waals surface area contributed by atoms with Crippen LogP contribution in [0.3, 0.4) is 0 Å². The summed E-state index contributed by atoms with van der Waals surface area (Å²) in [6.45, 7) is 4.31. The van der Waals surface area contributed by atoms with Gasteiger partial charge in [-0.1, -0.05) is 19.9 Å². The molecule has 1 aliphatic heterocycles. The Morgan fingerprint density at radius 3 is 2.74 bits per heavy atom. The SMILES string of the molecule is CC1(C)CC1C(=O)C(C#N)c1ccc2c(c1)OCO2. The van der Waals surface area contributed by atoms with Crippen LogP contribution in [0.1, 0.15) is 31.7 Å². The summed E-state index contributed by atoms with van der Waals surface area (Å²) in [5, 5.41) is 9.30. The molecule has 2 aliphatic rings. The zero-order chi connectivity index (χ0) is 13.6. The van der Waals surface area contributed by atoms with Crippen LogP contribution in [0.2, 0.25) is 0 Å². The van der Waals surface area contributed by atoms with E-state index in [0.29, 0.717) is 17.1 Å². The summed E-state index contributed by atoms with van der Waals surface area (Å²) in [6.07, 6.45) is 0.870. The molecule has 4 nitrogen and oxygen atoms in total. The zero-order valence-electron chi connectivity index (χ0n) is 11.0. The molecule has 1 fully saturated rings. The number of rotatable bonds is 3. The number of ketones is 1. The Hall–Kier alpha value is -2.02. The van der Waals surface area contributed by atoms with Crippen molar-refractivity contribution in [2.75, 3.05) is 6.79 Å². The smallest absolute Gasteiger partial charge is 0.231 e. The minimum absolute atomic E-state index is 0.00238. The standard InChI is InChI=1S/C15H15NO3/c1-15(2)6-11(15)14(17)10(7-16)9-3-4-12-13(5-9)19-8-18-12/h3-5,10-11H,6,8H2,1-2H3. The summed E-state index contributed by atoms with van der Waals surface area (Å²) in [5.74, 6) is 0.593. The number of hydrogen-bond acceptors (Lipinski definition) is 4. The fourth-order valence-corrected chi connectivity index (χ4v) is 2.55. The molecule has 4 heteroatoms. The molecule has 1 aliphatic carbocycles. The number of ether oxygens (including phenoxy) is 2. The molecule has 3 rings (SSSR count). The number of Topliss-reactive ketones (excluding diaryl/α,β-unsaturated/α-hetero) is 1. The predicted octanol–water partition coefficient (Wildman–Crippen LogP) is 2.64. The van der Waals surface area contributed by atoms with E-state index in [4.69, 9.17) is 9.47 Å². The van der Waals surface area contributed by atoms with Crippen molar-refractivity contribution in [1.29, 1.82) is 5.26 Å². The van der Waals surface area contributed by atoms with Crippen LogP contribution in [0.15, 0.2) is 18.2 Å². The number of benzene rings is 1. The van der Waals surface area contributed by atoms with Crippen molar-refractivity contribution >= 4 is 5.78 Å². The fourth-order valence-electron chi connectivity index (χ4n) is 2.55. The lowest BCUT2D eigenvalue weighted by atomic mass is 9.91. The van der Waals surface area contributed by atoms with Gasteiger partial charge < -0.3 is 9.47 Å². The molecule has 1 saturated carbocycles. The third kappa shape index (κ3) is 1.95. The largest absolute Gasteiger partial charge is 0.454 e. The van der Waals surface area contributed by atoms with E-state index in [1.807, 2.05) is 0 Å². The van der Waals surface area contributed by atoms with Crippen LogP contribution in [0.25, 0.3) is 0 Å². The van der Waals surface area contributed by atoms with E-state index in [9.17, 15) is 10.1 Å². The molecule has 19 heavy (non-hydrogen) atoms. The summed E-state index contributed by atoms with van der Waals surface area (Å²) in [6, 6.07) is 7.39. The van der Waals surface area contributed by atoms with E-state index in [0.717, 1.165) is 6.42 Å². The molecular formula is C15H15NO3. The van der Waals surface area contributed by atoms with E-state index in [-0.39, 0.29) is 23.9 Å². The average Bonchev–Trinajstić information content (AvgIpc) is 2.82. The van der Waals surface area contributed by atoms with Crippen LogP contribution in [0.4, 0.5) is 0 Å². The second-order valence-electron chi connectivity index (χ2n) is 5.82. The molecule has 0 N–H and O–H groups in total. The molecule has 1 heterocycles. The summed E-state index contributed by atoms with van der Waals surface area (Å²) < 4.78 is 10.5. The van der Waals surface area contributed by atoms with Gasteiger partial charge in [-0.2, -0.15) is 5.26 Å². The average molecular weight is 257 g/mol. The second-order valence-corrected chi connectivity index (χ2v) is 5.82. The van der Waals surface area contributed by atoms with Gasteiger partial charge in [-0.25, -0.2) is 0 Å². The lowest BCUT2D eigenvalue weighted by Crippen LogP contribution is -2.15. The fraction of sp³-hybridized carbons (Fsp3) is 0.467. The topological polar surface area (TPSA) is 59.3 Å². The Balaban J connectivity index is 1.87. The van der Waals surface area contributed by atoms with E-state index in [1.54, 1.807) is 18.2 Å². The molecule has 2 atom stereocenters. The molecule has 1 aromatic rings. The molecule has 0 aromatic heterocycles. The van der Waals surface area contributed by atoms with Crippen LogP contribution in [-0.4, -0.2) is 12.6 Å². The highest BCUT2D eigenvalue weighted by Gasteiger charge is 2.52. The van der Waals surface area contributed by atoms with Gasteiger partial charge in [0.15, 0.2) is 17.3 Å². The second kappa shape index (κ2) is 3.99. The lowest BCUT2D eigenvalue weighted by Gasteiger charge is -2.10. The Kier molecular flexibility index (Phi) is 2.53. The maximum atomic E-state index is 12.4. The zero-order valence-corrected chi connectivity index (χ0v) is 11.0. The number of nitriles is 1. The van der Waals surface area contributed by atoms with Crippen LogP contribution < -0.4 is 9.47 Å². The summed E-state index contributed by atoms with van der Waals surface area (Å²) in [5.41, 5.74) is 0.738. The first kappa shape index (κ1) is 12.0. The lowest BCUT2D eigenvalue weighted by molar-refractivity contribution is -0.121. The van der Waals surface area contributed by atoms with Crippen molar-refractivity contribution in [3.63, 3.8) is 0 Å². The molecule has 0 bridgehead atoms. The highest BCUT2D eigenvalue weighted by atomic mass is 16.7. The molecular weight excluding hydrogens is 242 g/mol. The van der Waals surface area contributed by atoms with Gasteiger partial charge in [-0.05, 0) is 29.5 Å². The van der Waals surface area contributed by atoms with Crippen molar-refractivity contribution in [2.45, 2.75) is 26.2 Å². The van der Waals surface area contributed by atoms with Gasteiger partial charge in [-0.15, -0.1) is 0 Å². The molecule has 0 spiro atoms. The van der Waals surface area contributed by atoms with Gasteiger partial charge in [-0.3, -0.25) is 4.79 Å². The number of nitrogens with zero attached hydrogens (tertiary/aromatic N) is 1. The van der Waals surface area contributed by atoms with Gasteiger partial charge in [0.25, 0.3) is 0 Å². The van der Waals surface area contributed by atoms with Crippen LogP contribution >= 0.6 is 0 Å². The minimum Gasteiger partial charge on any atom is -0.454 e. The van der Waals surface area contributed by atoms with Gasteiger partial charge in [0.2, 0.25) is 6.79 Å². The molecule has 2 unspecified atom stereocenters. The Morgan fingerprint density at radius 2 is 2.11 bits per heavy atom.